The fraction of sp³-hybridized carbons (Fsp3) is 0.500. The Bertz CT molecular complexity index is 340. The van der Waals surface area contributed by atoms with Crippen molar-refractivity contribution >= 4 is 0 Å². The zero-order valence-corrected chi connectivity index (χ0v) is 10.4. The molecule has 0 heterocycles. The first-order valence-corrected chi connectivity index (χ1v) is 5.20. The summed E-state index contributed by atoms with van der Waals surface area (Å²) in [6, 6.07) is 5.58. The van der Waals surface area contributed by atoms with Gasteiger partial charge < -0.3 is 20.1 Å². The molecular formula is C12H20N2O2. The van der Waals surface area contributed by atoms with E-state index in [4.69, 9.17) is 15.2 Å². The van der Waals surface area contributed by atoms with Gasteiger partial charge in [-0.15, -0.1) is 0 Å². The van der Waals surface area contributed by atoms with Crippen molar-refractivity contribution in [3.8, 4) is 11.5 Å². The molecular weight excluding hydrogens is 204 g/mol. The Balaban J connectivity index is 2.98. The van der Waals surface area contributed by atoms with Gasteiger partial charge in [0, 0.05) is 18.2 Å². The maximum atomic E-state index is 6.12. The lowest BCUT2D eigenvalue weighted by Gasteiger charge is -2.20. The molecule has 0 fully saturated rings. The monoisotopic (exact) mass is 224 g/mol. The SMILES string of the molecule is COc1ccc(OC)c(C(N)CN(C)C)c1. The van der Waals surface area contributed by atoms with Gasteiger partial charge in [-0.3, -0.25) is 0 Å². The summed E-state index contributed by atoms with van der Waals surface area (Å²) in [5, 5.41) is 0. The van der Waals surface area contributed by atoms with Gasteiger partial charge in [0.2, 0.25) is 0 Å². The van der Waals surface area contributed by atoms with Gasteiger partial charge >= 0.3 is 0 Å². The van der Waals surface area contributed by atoms with Gasteiger partial charge in [-0.25, -0.2) is 0 Å². The van der Waals surface area contributed by atoms with Gasteiger partial charge in [-0.05, 0) is 32.3 Å². The molecule has 0 aliphatic heterocycles. The summed E-state index contributed by atoms with van der Waals surface area (Å²) >= 11 is 0. The van der Waals surface area contributed by atoms with Gasteiger partial charge in [-0.2, -0.15) is 0 Å². The molecule has 2 N–H and O–H groups in total. The third-order valence-corrected chi connectivity index (χ3v) is 2.40. The number of nitrogens with two attached hydrogens (primary N) is 1. The summed E-state index contributed by atoms with van der Waals surface area (Å²) in [5.74, 6) is 1.60. The van der Waals surface area contributed by atoms with Crippen LogP contribution in [0.15, 0.2) is 18.2 Å². The molecule has 4 nitrogen and oxygen atoms in total. The molecule has 0 aromatic heterocycles. The van der Waals surface area contributed by atoms with Crippen molar-refractivity contribution in [1.29, 1.82) is 0 Å². The maximum Gasteiger partial charge on any atom is 0.123 e. The summed E-state index contributed by atoms with van der Waals surface area (Å²) < 4.78 is 10.5. The Hall–Kier alpha value is -1.26. The van der Waals surface area contributed by atoms with Crippen LogP contribution in [0.2, 0.25) is 0 Å². The highest BCUT2D eigenvalue weighted by molar-refractivity contribution is 5.42. The van der Waals surface area contributed by atoms with E-state index in [1.807, 2.05) is 37.2 Å². The second-order valence-corrected chi connectivity index (χ2v) is 3.98. The lowest BCUT2D eigenvalue weighted by Crippen LogP contribution is -2.26. The number of hydrogen-bond donors (Lipinski definition) is 1. The van der Waals surface area contributed by atoms with Gasteiger partial charge in [0.25, 0.3) is 0 Å². The predicted octanol–water partition coefficient (Wildman–Crippen LogP) is 1.27. The minimum absolute atomic E-state index is 0.0833. The Kier molecular flexibility index (Phi) is 4.58. The van der Waals surface area contributed by atoms with Crippen LogP contribution in [-0.4, -0.2) is 39.8 Å². The number of ether oxygens (including phenoxy) is 2. The van der Waals surface area contributed by atoms with E-state index in [0.717, 1.165) is 23.6 Å². The van der Waals surface area contributed by atoms with E-state index in [0.29, 0.717) is 0 Å². The molecule has 4 heteroatoms. The molecule has 1 aromatic carbocycles. The quantitative estimate of drug-likeness (QED) is 0.818. The zero-order chi connectivity index (χ0) is 12.1. The normalized spacial score (nSPS) is 12.6. The van der Waals surface area contributed by atoms with E-state index in [1.54, 1.807) is 14.2 Å². The number of hydrogen-bond acceptors (Lipinski definition) is 4. The number of rotatable bonds is 5. The minimum Gasteiger partial charge on any atom is -0.497 e. The van der Waals surface area contributed by atoms with Gasteiger partial charge in [0.05, 0.1) is 14.2 Å². The third kappa shape index (κ3) is 3.12. The van der Waals surface area contributed by atoms with Crippen molar-refractivity contribution in [2.24, 2.45) is 5.73 Å². The lowest BCUT2D eigenvalue weighted by molar-refractivity contribution is 0.359. The summed E-state index contributed by atoms with van der Waals surface area (Å²) in [7, 11) is 7.27. The van der Waals surface area contributed by atoms with Crippen LogP contribution in [0, 0.1) is 0 Å². The van der Waals surface area contributed by atoms with Crippen LogP contribution in [0.4, 0.5) is 0 Å². The number of methoxy groups -OCH3 is 2. The highest BCUT2D eigenvalue weighted by atomic mass is 16.5. The van der Waals surface area contributed by atoms with E-state index < -0.39 is 0 Å². The maximum absolute atomic E-state index is 6.12. The second-order valence-electron chi connectivity index (χ2n) is 3.98. The van der Waals surface area contributed by atoms with Crippen molar-refractivity contribution in [2.75, 3.05) is 34.9 Å². The molecule has 0 aliphatic carbocycles. The van der Waals surface area contributed by atoms with E-state index in [-0.39, 0.29) is 6.04 Å². The molecule has 90 valence electrons. The molecule has 1 atom stereocenters. The molecule has 0 saturated carbocycles. The molecule has 0 bridgehead atoms. The fourth-order valence-corrected chi connectivity index (χ4v) is 1.62. The van der Waals surface area contributed by atoms with Crippen molar-refractivity contribution < 1.29 is 9.47 Å². The first-order chi connectivity index (χ1) is 7.58. The molecule has 0 radical (unpaired) electrons. The molecule has 0 aliphatic rings. The summed E-state index contributed by atoms with van der Waals surface area (Å²) in [6.07, 6.45) is 0. The van der Waals surface area contributed by atoms with Crippen LogP contribution < -0.4 is 15.2 Å². The van der Waals surface area contributed by atoms with E-state index in [1.165, 1.54) is 0 Å². The standard InChI is InChI=1S/C12H20N2O2/c1-14(2)8-11(13)10-7-9(15-3)5-6-12(10)16-4/h5-7,11H,8,13H2,1-4H3. The largest absolute Gasteiger partial charge is 0.497 e. The van der Waals surface area contributed by atoms with Crippen LogP contribution in [-0.2, 0) is 0 Å². The van der Waals surface area contributed by atoms with Crippen LogP contribution in [0.1, 0.15) is 11.6 Å². The topological polar surface area (TPSA) is 47.7 Å². The smallest absolute Gasteiger partial charge is 0.123 e. The summed E-state index contributed by atoms with van der Waals surface area (Å²) in [6.45, 7) is 0.767. The average molecular weight is 224 g/mol. The Morgan fingerprint density at radius 3 is 2.44 bits per heavy atom. The third-order valence-electron chi connectivity index (χ3n) is 2.40. The Morgan fingerprint density at radius 1 is 1.25 bits per heavy atom. The predicted molar refractivity (Wildman–Crippen MR) is 65.0 cm³/mol. The van der Waals surface area contributed by atoms with Crippen molar-refractivity contribution in [3.63, 3.8) is 0 Å². The van der Waals surface area contributed by atoms with E-state index >= 15 is 0 Å². The minimum atomic E-state index is -0.0833. The van der Waals surface area contributed by atoms with Crippen molar-refractivity contribution in [1.82, 2.24) is 4.90 Å². The molecule has 16 heavy (non-hydrogen) atoms. The number of likely N-dealkylation sites (N-methyl/N-ethyl adjacent to an activating group) is 1. The second kappa shape index (κ2) is 5.72. The van der Waals surface area contributed by atoms with E-state index in [9.17, 15) is 0 Å². The molecule has 0 saturated heterocycles. The van der Waals surface area contributed by atoms with E-state index in [2.05, 4.69) is 0 Å². The highest BCUT2D eigenvalue weighted by Crippen LogP contribution is 2.28. The number of benzene rings is 1. The molecule has 1 aromatic rings. The Morgan fingerprint density at radius 2 is 1.94 bits per heavy atom. The first-order valence-electron chi connectivity index (χ1n) is 5.20. The van der Waals surface area contributed by atoms with Crippen LogP contribution in [0.5, 0.6) is 11.5 Å². The van der Waals surface area contributed by atoms with Gasteiger partial charge in [-0.1, -0.05) is 0 Å². The van der Waals surface area contributed by atoms with Crippen molar-refractivity contribution in [2.45, 2.75) is 6.04 Å². The van der Waals surface area contributed by atoms with Crippen LogP contribution >= 0.6 is 0 Å². The summed E-state index contributed by atoms with van der Waals surface area (Å²) in [4.78, 5) is 2.05. The fourth-order valence-electron chi connectivity index (χ4n) is 1.62. The van der Waals surface area contributed by atoms with Crippen molar-refractivity contribution in [3.05, 3.63) is 23.8 Å². The highest BCUT2D eigenvalue weighted by Gasteiger charge is 2.13. The molecule has 1 unspecified atom stereocenters. The number of nitrogens with zero attached hydrogens (tertiary/aromatic N) is 1. The molecule has 0 amide bonds. The first kappa shape index (κ1) is 12.8. The zero-order valence-electron chi connectivity index (χ0n) is 10.4. The van der Waals surface area contributed by atoms with Gasteiger partial charge in [0.1, 0.15) is 11.5 Å². The summed E-state index contributed by atoms with van der Waals surface area (Å²) in [5.41, 5.74) is 7.09. The lowest BCUT2D eigenvalue weighted by atomic mass is 10.1. The molecule has 1 rings (SSSR count). The van der Waals surface area contributed by atoms with Crippen LogP contribution in [0.25, 0.3) is 0 Å². The van der Waals surface area contributed by atoms with Gasteiger partial charge in [0.15, 0.2) is 0 Å². The Labute approximate surface area is 96.9 Å². The molecule has 0 spiro atoms. The average Bonchev–Trinajstić information content (AvgIpc) is 2.27. The van der Waals surface area contributed by atoms with Crippen LogP contribution in [0.3, 0.4) is 0 Å².